The van der Waals surface area contributed by atoms with Gasteiger partial charge in [-0.15, -0.1) is 0 Å². The first-order valence-corrected chi connectivity index (χ1v) is 9.62. The number of rotatable bonds is 12. The zero-order valence-electron chi connectivity index (χ0n) is 16.8. The number of hydrogen-bond acceptors (Lipinski definition) is 7. The molecule has 11 nitrogen and oxygen atoms in total. The third-order valence-electron chi connectivity index (χ3n) is 3.70. The highest BCUT2D eigenvalue weighted by atomic mass is 16.7. The van der Waals surface area contributed by atoms with Crippen molar-refractivity contribution in [3.63, 3.8) is 0 Å². The maximum Gasteiger partial charge on any atom is 0.338 e. The molecule has 1 unspecified atom stereocenters. The Labute approximate surface area is 170 Å². The number of carbonyl (C=O) groups is 3. The molecule has 0 aromatic rings. The third-order valence-corrected chi connectivity index (χ3v) is 3.70. The van der Waals surface area contributed by atoms with Gasteiger partial charge >= 0.3 is 18.0 Å². The number of nitrogens with zero attached hydrogens (tertiary/aromatic N) is 1. The first-order valence-electron chi connectivity index (χ1n) is 9.62. The standard InChI is InChI=1S/C14H29N3O4.C4H4O4/c1-2-3-4-5-6-15-14(19)16-21-12-13(18)11-17-7-9-20-10-8-17;5-3(6)1-2-4(7)8/h13,18H,2-12H2,1H3,(H2,15,16,19);1-2H,(H,5,6)(H,7,8)/b;2-1-. The summed E-state index contributed by atoms with van der Waals surface area (Å²) in [6.45, 7) is 6.45. The minimum absolute atomic E-state index is 0.0839. The lowest BCUT2D eigenvalue weighted by molar-refractivity contribution is -0.134. The highest BCUT2D eigenvalue weighted by Gasteiger charge is 2.15. The SMILES string of the molecule is CCCCCCNC(=O)NOCC(O)CN1CCOCC1.O=C(O)/C=C\C(=O)O. The number of ether oxygens (including phenoxy) is 1. The smallest absolute Gasteiger partial charge is 0.338 e. The van der Waals surface area contributed by atoms with E-state index in [9.17, 15) is 19.5 Å². The number of carboxylic acids is 2. The van der Waals surface area contributed by atoms with Gasteiger partial charge in [0.05, 0.1) is 19.3 Å². The second-order valence-corrected chi connectivity index (χ2v) is 6.31. The normalized spacial score (nSPS) is 15.2. The molecular formula is C18H33N3O8. The van der Waals surface area contributed by atoms with Crippen LogP contribution in [0.4, 0.5) is 4.79 Å². The number of hydroxylamine groups is 1. The topological polar surface area (TPSA) is 158 Å². The van der Waals surface area contributed by atoms with Gasteiger partial charge in [0, 0.05) is 38.3 Å². The molecule has 168 valence electrons. The molecule has 0 aromatic carbocycles. The van der Waals surface area contributed by atoms with Crippen LogP contribution in [0.2, 0.25) is 0 Å². The summed E-state index contributed by atoms with van der Waals surface area (Å²) >= 11 is 0. The zero-order valence-corrected chi connectivity index (χ0v) is 16.8. The number of β-amino-alcohol motifs (C(OH)–C–C–N with tert-alkyl or cyclic N) is 1. The molecule has 1 aliphatic heterocycles. The van der Waals surface area contributed by atoms with E-state index in [2.05, 4.69) is 22.6 Å². The summed E-state index contributed by atoms with van der Waals surface area (Å²) in [5.41, 5.74) is 2.29. The number of aliphatic carboxylic acids is 2. The van der Waals surface area contributed by atoms with E-state index in [4.69, 9.17) is 19.8 Å². The van der Waals surface area contributed by atoms with Crippen LogP contribution < -0.4 is 10.8 Å². The lowest BCUT2D eigenvalue weighted by Gasteiger charge is -2.28. The molecule has 1 aliphatic rings. The van der Waals surface area contributed by atoms with Gasteiger partial charge in [-0.25, -0.2) is 19.9 Å². The second-order valence-electron chi connectivity index (χ2n) is 6.31. The molecule has 0 radical (unpaired) electrons. The van der Waals surface area contributed by atoms with E-state index in [-0.39, 0.29) is 12.6 Å². The Morgan fingerprint density at radius 3 is 2.28 bits per heavy atom. The number of urea groups is 1. The molecule has 0 spiro atoms. The van der Waals surface area contributed by atoms with Crippen molar-refractivity contribution in [1.29, 1.82) is 0 Å². The number of amides is 2. The number of carbonyl (C=O) groups excluding carboxylic acids is 1. The second kappa shape index (κ2) is 17.9. The summed E-state index contributed by atoms with van der Waals surface area (Å²) < 4.78 is 5.24. The lowest BCUT2D eigenvalue weighted by Crippen LogP contribution is -2.43. The molecule has 11 heteroatoms. The van der Waals surface area contributed by atoms with Crippen molar-refractivity contribution in [3.05, 3.63) is 12.2 Å². The van der Waals surface area contributed by atoms with Gasteiger partial charge in [-0.2, -0.15) is 0 Å². The van der Waals surface area contributed by atoms with Crippen LogP contribution in [0.3, 0.4) is 0 Å². The van der Waals surface area contributed by atoms with E-state index in [1.165, 1.54) is 12.8 Å². The lowest BCUT2D eigenvalue weighted by atomic mass is 10.2. The summed E-state index contributed by atoms with van der Waals surface area (Å²) in [5.74, 6) is -2.51. The number of aliphatic hydroxyl groups excluding tert-OH is 1. The van der Waals surface area contributed by atoms with Crippen molar-refractivity contribution >= 4 is 18.0 Å². The van der Waals surface area contributed by atoms with E-state index >= 15 is 0 Å². The van der Waals surface area contributed by atoms with E-state index in [1.807, 2.05) is 0 Å². The largest absolute Gasteiger partial charge is 0.478 e. The molecule has 0 aliphatic carbocycles. The number of morpholine rings is 1. The maximum absolute atomic E-state index is 11.4. The molecule has 1 heterocycles. The van der Waals surface area contributed by atoms with Crippen LogP contribution in [0.15, 0.2) is 12.2 Å². The predicted molar refractivity (Wildman–Crippen MR) is 104 cm³/mol. The molecule has 0 bridgehead atoms. The fourth-order valence-corrected chi connectivity index (χ4v) is 2.27. The van der Waals surface area contributed by atoms with Gasteiger partial charge in [-0.05, 0) is 6.42 Å². The molecule has 1 saturated heterocycles. The molecule has 0 aromatic heterocycles. The van der Waals surface area contributed by atoms with Crippen LogP contribution >= 0.6 is 0 Å². The van der Waals surface area contributed by atoms with Crippen LogP contribution in [-0.2, 0) is 19.2 Å². The summed E-state index contributed by atoms with van der Waals surface area (Å²) in [7, 11) is 0. The number of carboxylic acid groups (broad SMARTS) is 2. The highest BCUT2D eigenvalue weighted by molar-refractivity contribution is 5.89. The summed E-state index contributed by atoms with van der Waals surface area (Å²) in [4.78, 5) is 37.6. The molecule has 29 heavy (non-hydrogen) atoms. The Bertz CT molecular complexity index is 479. The van der Waals surface area contributed by atoms with Crippen molar-refractivity contribution in [2.45, 2.75) is 38.7 Å². The van der Waals surface area contributed by atoms with E-state index in [0.717, 1.165) is 25.9 Å². The van der Waals surface area contributed by atoms with E-state index < -0.39 is 18.0 Å². The highest BCUT2D eigenvalue weighted by Crippen LogP contribution is 1.99. The third kappa shape index (κ3) is 18.9. The van der Waals surface area contributed by atoms with Crippen molar-refractivity contribution in [2.75, 3.05) is 46.0 Å². The summed E-state index contributed by atoms with van der Waals surface area (Å²) in [5, 5.41) is 28.1. The molecule has 2 amide bonds. The Hall–Kier alpha value is -2.21. The molecule has 0 saturated carbocycles. The summed E-state index contributed by atoms with van der Waals surface area (Å²) in [6, 6.07) is -0.356. The first-order chi connectivity index (χ1) is 13.8. The molecular weight excluding hydrogens is 386 g/mol. The number of aliphatic hydroxyl groups is 1. The fraction of sp³-hybridized carbons (Fsp3) is 0.722. The van der Waals surface area contributed by atoms with Crippen LogP contribution in [0, 0.1) is 0 Å². The van der Waals surface area contributed by atoms with Gasteiger partial charge in [0.25, 0.3) is 0 Å². The van der Waals surface area contributed by atoms with Gasteiger partial charge in [0.1, 0.15) is 6.61 Å². The zero-order chi connectivity index (χ0) is 21.9. The van der Waals surface area contributed by atoms with Crippen LogP contribution in [-0.4, -0.2) is 90.3 Å². The van der Waals surface area contributed by atoms with Gasteiger partial charge in [0.2, 0.25) is 0 Å². The number of nitrogens with one attached hydrogen (secondary N) is 2. The molecule has 1 fully saturated rings. The van der Waals surface area contributed by atoms with Gasteiger partial charge in [-0.1, -0.05) is 26.2 Å². The monoisotopic (exact) mass is 419 g/mol. The van der Waals surface area contributed by atoms with Crippen molar-refractivity contribution in [1.82, 2.24) is 15.7 Å². The average molecular weight is 419 g/mol. The average Bonchev–Trinajstić information content (AvgIpc) is 2.67. The quantitative estimate of drug-likeness (QED) is 0.169. The first kappa shape index (κ1) is 26.8. The Balaban J connectivity index is 0.000000828. The van der Waals surface area contributed by atoms with Crippen molar-refractivity contribution in [2.24, 2.45) is 0 Å². The summed E-state index contributed by atoms with van der Waals surface area (Å²) in [6.07, 6.45) is 4.96. The van der Waals surface area contributed by atoms with Crippen molar-refractivity contribution < 1.29 is 39.3 Å². The van der Waals surface area contributed by atoms with Gasteiger partial charge < -0.3 is 25.4 Å². The van der Waals surface area contributed by atoms with E-state index in [1.54, 1.807) is 0 Å². The fourth-order valence-electron chi connectivity index (χ4n) is 2.27. The van der Waals surface area contributed by atoms with Crippen molar-refractivity contribution in [3.8, 4) is 0 Å². The number of hydrogen-bond donors (Lipinski definition) is 5. The minimum Gasteiger partial charge on any atom is -0.478 e. The molecule has 1 rings (SSSR count). The van der Waals surface area contributed by atoms with Crippen LogP contribution in [0.5, 0.6) is 0 Å². The predicted octanol–water partition coefficient (Wildman–Crippen LogP) is 0.202. The Morgan fingerprint density at radius 1 is 1.10 bits per heavy atom. The Kier molecular flexibility index (Phi) is 16.5. The molecule has 1 atom stereocenters. The van der Waals surface area contributed by atoms with Gasteiger partial charge in [0.15, 0.2) is 0 Å². The minimum atomic E-state index is -1.26. The molecule has 5 N–H and O–H groups in total. The van der Waals surface area contributed by atoms with Crippen LogP contribution in [0.1, 0.15) is 32.6 Å². The maximum atomic E-state index is 11.4. The van der Waals surface area contributed by atoms with Crippen LogP contribution in [0.25, 0.3) is 0 Å². The number of unbranched alkanes of at least 4 members (excludes halogenated alkanes) is 3. The van der Waals surface area contributed by atoms with E-state index in [0.29, 0.717) is 38.5 Å². The Morgan fingerprint density at radius 2 is 1.72 bits per heavy atom. The van der Waals surface area contributed by atoms with Gasteiger partial charge in [-0.3, -0.25) is 9.74 Å².